The molecule has 2 aliphatic carbocycles. The summed E-state index contributed by atoms with van der Waals surface area (Å²) in [6.07, 6.45) is 7.00. The number of halogens is 2. The molecule has 6 rings (SSSR count). The van der Waals surface area contributed by atoms with E-state index in [1.807, 2.05) is 48.5 Å². The smallest absolute Gasteiger partial charge is 0.223 e. The molecule has 2 fully saturated rings. The Morgan fingerprint density at radius 2 is 1.03 bits per heavy atom. The molecule has 9 nitrogen and oxygen atoms in total. The monoisotopic (exact) mass is 849 g/mol. The van der Waals surface area contributed by atoms with Gasteiger partial charge in [0.2, 0.25) is 11.8 Å². The zero-order valence-corrected chi connectivity index (χ0v) is 36.3. The summed E-state index contributed by atoms with van der Waals surface area (Å²) in [6, 6.07) is 30.2. The molecular formula is C49H57Cl2N5O4. The number of carbonyl (C=O) groups excluding carboxylic acids is 4. The molecule has 6 N–H and O–H groups in total. The number of rotatable bonds is 16. The van der Waals surface area contributed by atoms with E-state index in [4.69, 9.17) is 39.8 Å². The Labute approximate surface area is 364 Å². The fourth-order valence-electron chi connectivity index (χ4n) is 8.17. The molecule has 2 saturated carbocycles. The predicted octanol–water partition coefficient (Wildman–Crippen LogP) is 9.53. The number of amides is 2. The summed E-state index contributed by atoms with van der Waals surface area (Å²) < 4.78 is 0. The third-order valence-corrected chi connectivity index (χ3v) is 12.7. The molecule has 0 aromatic heterocycles. The highest BCUT2D eigenvalue weighted by Crippen LogP contribution is 2.39. The van der Waals surface area contributed by atoms with Crippen LogP contribution in [0.25, 0.3) is 0 Å². The molecule has 0 heterocycles. The summed E-state index contributed by atoms with van der Waals surface area (Å²) in [4.78, 5) is 50.4. The molecule has 0 radical (unpaired) electrons. The van der Waals surface area contributed by atoms with Gasteiger partial charge in [0.05, 0.1) is 12.1 Å². The molecule has 6 atom stereocenters. The van der Waals surface area contributed by atoms with Crippen LogP contribution in [0, 0.1) is 22.7 Å². The van der Waals surface area contributed by atoms with Gasteiger partial charge < -0.3 is 21.8 Å². The maximum Gasteiger partial charge on any atom is 0.223 e. The van der Waals surface area contributed by atoms with E-state index in [9.17, 15) is 19.2 Å². The lowest BCUT2D eigenvalue weighted by Crippen LogP contribution is -2.41. The number of aryl methyl sites for hydroxylation is 2. The van der Waals surface area contributed by atoms with Crippen LogP contribution in [0.1, 0.15) is 117 Å². The lowest BCUT2D eigenvalue weighted by atomic mass is 9.96. The van der Waals surface area contributed by atoms with Crippen LogP contribution in [0.4, 0.5) is 0 Å². The van der Waals surface area contributed by atoms with E-state index in [0.29, 0.717) is 52.4 Å². The van der Waals surface area contributed by atoms with Crippen molar-refractivity contribution in [3.63, 3.8) is 0 Å². The highest BCUT2D eigenvalue weighted by atomic mass is 35.5. The Morgan fingerprint density at radius 1 is 0.633 bits per heavy atom. The van der Waals surface area contributed by atoms with Gasteiger partial charge >= 0.3 is 0 Å². The molecule has 0 bridgehead atoms. The zero-order valence-electron chi connectivity index (χ0n) is 34.7. The van der Waals surface area contributed by atoms with Gasteiger partial charge in [-0.2, -0.15) is 0 Å². The molecule has 0 aliphatic heterocycles. The Morgan fingerprint density at radius 3 is 1.42 bits per heavy atom. The number of ketones is 2. The molecule has 0 spiro atoms. The van der Waals surface area contributed by atoms with Crippen LogP contribution in [-0.4, -0.2) is 47.0 Å². The second-order valence-electron chi connectivity index (χ2n) is 16.3. The average molecular weight is 851 g/mol. The SMILES string of the molecule is CC(=N)c1ccc(CCC(=O)[C@H](C)NC(=O)[C@@H]2CC[C@@H](c3ccccc3)C2)c(Cl)c1.C[C@H](NC(=O)[C@@H]1CC[C@@H](c2ccccc2)C1)C(=O)CCc1ccc(C(=N)N)cc1Cl. The molecule has 0 saturated heterocycles. The van der Waals surface area contributed by atoms with Crippen molar-refractivity contribution in [1.29, 1.82) is 10.8 Å². The molecule has 4 aromatic rings. The number of nitrogens with one attached hydrogen (secondary N) is 4. The van der Waals surface area contributed by atoms with Crippen molar-refractivity contribution in [3.05, 3.63) is 140 Å². The topological polar surface area (TPSA) is 166 Å². The number of nitrogens with two attached hydrogens (primary N) is 1. The fourth-order valence-corrected chi connectivity index (χ4v) is 8.72. The summed E-state index contributed by atoms with van der Waals surface area (Å²) in [5, 5.41) is 22.0. The largest absolute Gasteiger partial charge is 0.384 e. The van der Waals surface area contributed by atoms with Crippen molar-refractivity contribution >= 4 is 58.1 Å². The van der Waals surface area contributed by atoms with Crippen molar-refractivity contribution in [2.45, 2.75) is 109 Å². The van der Waals surface area contributed by atoms with Gasteiger partial charge in [0.1, 0.15) is 5.84 Å². The Bertz CT molecular complexity index is 2010. The summed E-state index contributed by atoms with van der Waals surface area (Å²) >= 11 is 12.5. The number of nitrogen functional groups attached to an aromatic ring is 1. The predicted molar refractivity (Wildman–Crippen MR) is 241 cm³/mol. The second-order valence-corrected chi connectivity index (χ2v) is 17.1. The van der Waals surface area contributed by atoms with E-state index in [0.717, 1.165) is 55.2 Å². The highest BCUT2D eigenvalue weighted by molar-refractivity contribution is 6.32. The molecule has 11 heteroatoms. The number of benzene rings is 4. The molecule has 0 unspecified atom stereocenters. The van der Waals surface area contributed by atoms with Crippen LogP contribution >= 0.6 is 23.2 Å². The van der Waals surface area contributed by atoms with Gasteiger partial charge in [-0.3, -0.25) is 24.6 Å². The van der Waals surface area contributed by atoms with Crippen molar-refractivity contribution in [2.24, 2.45) is 17.6 Å². The summed E-state index contributed by atoms with van der Waals surface area (Å²) in [5.74, 6) is 0.650. The van der Waals surface area contributed by atoms with Crippen LogP contribution in [0.15, 0.2) is 97.1 Å². The number of carbonyl (C=O) groups is 4. The molecule has 316 valence electrons. The maximum absolute atomic E-state index is 12.7. The average Bonchev–Trinajstić information content (AvgIpc) is 3.95. The van der Waals surface area contributed by atoms with Gasteiger partial charge in [0.15, 0.2) is 11.6 Å². The van der Waals surface area contributed by atoms with E-state index in [-0.39, 0.29) is 47.5 Å². The quantitative estimate of drug-likeness (QED) is 0.0559. The van der Waals surface area contributed by atoms with E-state index < -0.39 is 12.1 Å². The minimum absolute atomic E-state index is 0.00401. The molecule has 2 amide bonds. The first-order valence-electron chi connectivity index (χ1n) is 20.9. The van der Waals surface area contributed by atoms with Gasteiger partial charge in [-0.25, -0.2) is 0 Å². The minimum Gasteiger partial charge on any atom is -0.384 e. The first-order chi connectivity index (χ1) is 28.7. The van der Waals surface area contributed by atoms with Crippen LogP contribution in [-0.2, 0) is 32.0 Å². The van der Waals surface area contributed by atoms with Gasteiger partial charge in [0.25, 0.3) is 0 Å². The number of Topliss-reactive ketones (excluding diaryl/α,β-unsaturated/α-hetero) is 2. The van der Waals surface area contributed by atoms with Crippen LogP contribution in [0.5, 0.6) is 0 Å². The highest BCUT2D eigenvalue weighted by Gasteiger charge is 2.33. The van der Waals surface area contributed by atoms with Gasteiger partial charge in [-0.15, -0.1) is 0 Å². The lowest BCUT2D eigenvalue weighted by molar-refractivity contribution is -0.129. The van der Waals surface area contributed by atoms with Crippen molar-refractivity contribution in [3.8, 4) is 0 Å². The zero-order chi connectivity index (χ0) is 43.3. The lowest BCUT2D eigenvalue weighted by Gasteiger charge is -2.17. The third-order valence-electron chi connectivity index (χ3n) is 12.0. The summed E-state index contributed by atoms with van der Waals surface area (Å²) in [6.45, 7) is 5.21. The first kappa shape index (κ1) is 46.0. The first-order valence-corrected chi connectivity index (χ1v) is 21.7. The van der Waals surface area contributed by atoms with E-state index in [1.54, 1.807) is 45.0 Å². The molecule has 2 aliphatic rings. The van der Waals surface area contributed by atoms with Crippen molar-refractivity contribution in [1.82, 2.24) is 10.6 Å². The standard InChI is InChI=1S/C25H29ClN2O2.C24H28ClN3O2/c1-16(27)20-9-8-19(23(26)15-20)12-13-24(29)17(2)28-25(30)22-11-10-21(14-22)18-6-4-3-5-7-18;1-15(22(29)12-11-17-7-9-19(23(26)27)14-21(17)25)28-24(30)20-10-8-18(13-20)16-5-3-2-4-6-16/h3-9,15,17,21-22,27H,10-14H2,1-2H3,(H,28,30);2-7,9,14-15,18,20H,8,10-13H2,1H3,(H3,26,27)(H,28,30)/t17-,21+,22+;15-,18+,20+/m00/s1. The van der Waals surface area contributed by atoms with Crippen molar-refractivity contribution in [2.75, 3.05) is 0 Å². The van der Waals surface area contributed by atoms with Crippen molar-refractivity contribution < 1.29 is 19.2 Å². The summed E-state index contributed by atoms with van der Waals surface area (Å²) in [5.41, 5.74) is 11.5. The number of amidine groups is 1. The van der Waals surface area contributed by atoms with Crippen LogP contribution in [0.3, 0.4) is 0 Å². The van der Waals surface area contributed by atoms with E-state index in [1.165, 1.54) is 11.1 Å². The molecule has 4 aromatic carbocycles. The Balaban J connectivity index is 0.000000228. The van der Waals surface area contributed by atoms with Crippen LogP contribution in [0.2, 0.25) is 10.0 Å². The summed E-state index contributed by atoms with van der Waals surface area (Å²) in [7, 11) is 0. The molecular weight excluding hydrogens is 793 g/mol. The Kier molecular flexibility index (Phi) is 16.8. The minimum atomic E-state index is -0.524. The maximum atomic E-state index is 12.7. The number of hydrogen-bond donors (Lipinski definition) is 5. The number of hydrogen-bond acceptors (Lipinski definition) is 6. The normalized spacial score (nSPS) is 19.3. The third kappa shape index (κ3) is 12.9. The van der Waals surface area contributed by atoms with E-state index in [2.05, 4.69) is 34.9 Å². The molecule has 60 heavy (non-hydrogen) atoms. The fraction of sp³-hybridized carbons (Fsp3) is 0.388. The van der Waals surface area contributed by atoms with Gasteiger partial charge in [-0.05, 0) is 124 Å². The van der Waals surface area contributed by atoms with Crippen LogP contribution < -0.4 is 16.4 Å². The second kappa shape index (κ2) is 21.9. The Hall–Kier alpha value is -5.12. The van der Waals surface area contributed by atoms with Gasteiger partial charge in [-0.1, -0.05) is 108 Å². The van der Waals surface area contributed by atoms with E-state index >= 15 is 0 Å². The van der Waals surface area contributed by atoms with Gasteiger partial charge in [0, 0.05) is 46.0 Å².